The van der Waals surface area contributed by atoms with Crippen LogP contribution in [0.3, 0.4) is 0 Å². The third-order valence-corrected chi connectivity index (χ3v) is 5.41. The van der Waals surface area contributed by atoms with Crippen LogP contribution in [0.1, 0.15) is 54.1 Å². The summed E-state index contributed by atoms with van der Waals surface area (Å²) in [6, 6.07) is 17.0. The number of phenolic OH excluding ortho intramolecular Hbond substituents is 1. The predicted octanol–water partition coefficient (Wildman–Crippen LogP) is 7.28. The lowest BCUT2D eigenvalue weighted by Crippen LogP contribution is -2.10. The highest BCUT2D eigenvalue weighted by atomic mass is 35.5. The maximum atomic E-state index is 12.6. The van der Waals surface area contributed by atoms with Crippen molar-refractivity contribution >= 4 is 29.5 Å². The van der Waals surface area contributed by atoms with Gasteiger partial charge < -0.3 is 14.6 Å². The molecule has 1 N–H and O–H groups in total. The summed E-state index contributed by atoms with van der Waals surface area (Å²) in [4.78, 5) is 17.1. The van der Waals surface area contributed by atoms with Crippen LogP contribution in [0.15, 0.2) is 65.7 Å². The second kappa shape index (κ2) is 12.1. The van der Waals surface area contributed by atoms with Crippen LogP contribution < -0.4 is 9.47 Å². The van der Waals surface area contributed by atoms with Crippen LogP contribution in [0.5, 0.6) is 17.2 Å². The predicted molar refractivity (Wildman–Crippen MR) is 133 cm³/mol. The van der Waals surface area contributed by atoms with Crippen molar-refractivity contribution in [2.75, 3.05) is 6.61 Å². The first-order valence-corrected chi connectivity index (χ1v) is 11.4. The monoisotopic (exact) mass is 465 g/mol. The molecule has 33 heavy (non-hydrogen) atoms. The van der Waals surface area contributed by atoms with E-state index in [-0.39, 0.29) is 5.75 Å². The Morgan fingerprint density at radius 2 is 1.79 bits per heavy atom. The average Bonchev–Trinajstić information content (AvgIpc) is 2.80. The summed E-state index contributed by atoms with van der Waals surface area (Å²) >= 11 is 5.87. The van der Waals surface area contributed by atoms with Crippen LogP contribution in [-0.4, -0.2) is 23.9 Å². The zero-order valence-corrected chi connectivity index (χ0v) is 19.6. The zero-order chi connectivity index (χ0) is 23.6. The van der Waals surface area contributed by atoms with Gasteiger partial charge in [-0.15, -0.1) is 0 Å². The molecular weight excluding hydrogens is 438 g/mol. The van der Waals surface area contributed by atoms with E-state index in [4.69, 9.17) is 21.1 Å². The third-order valence-electron chi connectivity index (χ3n) is 5.16. The summed E-state index contributed by atoms with van der Waals surface area (Å²) in [6.45, 7) is 4.61. The molecule has 0 saturated heterocycles. The van der Waals surface area contributed by atoms with Gasteiger partial charge in [-0.2, -0.15) is 0 Å². The lowest BCUT2D eigenvalue weighted by molar-refractivity contribution is 0.0734. The van der Waals surface area contributed by atoms with E-state index in [1.807, 2.05) is 6.07 Å². The van der Waals surface area contributed by atoms with E-state index in [2.05, 4.69) is 11.9 Å². The molecule has 0 aliphatic heterocycles. The van der Waals surface area contributed by atoms with Gasteiger partial charge >= 0.3 is 5.97 Å². The Balaban J connectivity index is 1.67. The lowest BCUT2D eigenvalue weighted by atomic mass is 10.1. The molecule has 3 rings (SSSR count). The van der Waals surface area contributed by atoms with E-state index in [1.54, 1.807) is 67.7 Å². The minimum absolute atomic E-state index is 0.0840. The molecule has 0 bridgehead atoms. The fraction of sp³-hybridized carbons (Fsp3) is 0.259. The van der Waals surface area contributed by atoms with Gasteiger partial charge in [0.2, 0.25) is 0 Å². The highest BCUT2D eigenvalue weighted by Gasteiger charge is 2.14. The quantitative estimate of drug-likeness (QED) is 0.148. The third kappa shape index (κ3) is 7.09. The van der Waals surface area contributed by atoms with Gasteiger partial charge in [-0.05, 0) is 67.4 Å². The first-order chi connectivity index (χ1) is 16.0. The number of halogens is 1. The molecule has 172 valence electrons. The first-order valence-electron chi connectivity index (χ1n) is 11.0. The highest BCUT2D eigenvalue weighted by molar-refractivity contribution is 6.30. The van der Waals surface area contributed by atoms with Crippen molar-refractivity contribution in [2.45, 2.75) is 39.5 Å². The number of phenols is 1. The smallest absolute Gasteiger partial charge is 0.343 e. The maximum absolute atomic E-state index is 12.6. The Morgan fingerprint density at radius 3 is 2.52 bits per heavy atom. The molecule has 0 saturated carbocycles. The minimum atomic E-state index is -0.477. The van der Waals surface area contributed by atoms with Crippen LogP contribution in [0.25, 0.3) is 0 Å². The first kappa shape index (κ1) is 24.3. The van der Waals surface area contributed by atoms with Crippen LogP contribution in [0.2, 0.25) is 5.02 Å². The molecule has 3 aromatic rings. The van der Waals surface area contributed by atoms with Crippen molar-refractivity contribution < 1.29 is 19.4 Å². The van der Waals surface area contributed by atoms with Crippen molar-refractivity contribution in [2.24, 2.45) is 4.99 Å². The topological polar surface area (TPSA) is 68.1 Å². The normalized spacial score (nSPS) is 11.0. The summed E-state index contributed by atoms with van der Waals surface area (Å²) < 4.78 is 11.1. The van der Waals surface area contributed by atoms with Crippen LogP contribution in [0, 0.1) is 6.92 Å². The van der Waals surface area contributed by atoms with Gasteiger partial charge in [0.1, 0.15) is 17.2 Å². The Hall–Kier alpha value is -3.31. The Morgan fingerprint density at radius 1 is 1.03 bits per heavy atom. The SMILES string of the molecule is CCCCCCOc1ccc(C=Nc2cccc(C(=O)Oc3ccc(Cl)cc3)c2C)c(O)c1. The van der Waals surface area contributed by atoms with Gasteiger partial charge in [0.05, 0.1) is 17.9 Å². The van der Waals surface area contributed by atoms with Gasteiger partial charge in [-0.3, -0.25) is 4.99 Å². The van der Waals surface area contributed by atoms with Gasteiger partial charge in [-0.25, -0.2) is 4.79 Å². The fourth-order valence-electron chi connectivity index (χ4n) is 3.23. The molecule has 3 aromatic carbocycles. The largest absolute Gasteiger partial charge is 0.507 e. The van der Waals surface area contributed by atoms with Crippen LogP contribution in [-0.2, 0) is 0 Å². The van der Waals surface area contributed by atoms with Gasteiger partial charge in [0.15, 0.2) is 0 Å². The van der Waals surface area contributed by atoms with E-state index in [9.17, 15) is 9.90 Å². The molecule has 5 nitrogen and oxygen atoms in total. The van der Waals surface area contributed by atoms with Crippen molar-refractivity contribution in [1.82, 2.24) is 0 Å². The molecule has 0 atom stereocenters. The Bertz CT molecular complexity index is 1110. The standard InChI is InChI=1S/C27H28ClNO4/c1-3-4-5-6-16-32-23-13-10-20(26(30)17-23)18-29-25-9-7-8-24(19(25)2)27(31)33-22-14-11-21(28)12-15-22/h7-15,17-18,30H,3-6,16H2,1-2H3. The molecule has 0 radical (unpaired) electrons. The molecule has 0 aliphatic carbocycles. The average molecular weight is 466 g/mol. The second-order valence-electron chi connectivity index (χ2n) is 7.68. The van der Waals surface area contributed by atoms with Gasteiger partial charge in [-0.1, -0.05) is 43.9 Å². The second-order valence-corrected chi connectivity index (χ2v) is 8.12. The Kier molecular flexibility index (Phi) is 8.90. The number of carbonyl (C=O) groups is 1. The van der Waals surface area contributed by atoms with Gasteiger partial charge in [0.25, 0.3) is 0 Å². The van der Waals surface area contributed by atoms with E-state index in [0.717, 1.165) is 12.8 Å². The van der Waals surface area contributed by atoms with E-state index < -0.39 is 5.97 Å². The van der Waals surface area contributed by atoms with Crippen molar-refractivity contribution in [3.05, 3.63) is 82.4 Å². The molecule has 6 heteroatoms. The molecule has 0 heterocycles. The van der Waals surface area contributed by atoms with E-state index in [1.165, 1.54) is 12.8 Å². The lowest BCUT2D eigenvalue weighted by Gasteiger charge is -2.09. The number of aromatic hydroxyl groups is 1. The molecule has 0 amide bonds. The van der Waals surface area contributed by atoms with Crippen molar-refractivity contribution in [3.63, 3.8) is 0 Å². The number of aliphatic imine (C=N–C) groups is 1. The zero-order valence-electron chi connectivity index (χ0n) is 18.9. The van der Waals surface area contributed by atoms with E-state index >= 15 is 0 Å². The number of esters is 1. The number of carbonyl (C=O) groups excluding carboxylic acids is 1. The molecule has 0 fully saturated rings. The summed E-state index contributed by atoms with van der Waals surface area (Å²) in [5.41, 5.74) is 2.26. The number of benzene rings is 3. The highest BCUT2D eigenvalue weighted by Crippen LogP contribution is 2.26. The van der Waals surface area contributed by atoms with Crippen molar-refractivity contribution in [3.8, 4) is 17.2 Å². The van der Waals surface area contributed by atoms with Crippen LogP contribution >= 0.6 is 11.6 Å². The van der Waals surface area contributed by atoms with Crippen molar-refractivity contribution in [1.29, 1.82) is 0 Å². The number of hydrogen-bond acceptors (Lipinski definition) is 5. The molecular formula is C27H28ClNO4. The number of rotatable bonds is 10. The number of unbranched alkanes of at least 4 members (excludes halogenated alkanes) is 3. The van der Waals surface area contributed by atoms with E-state index in [0.29, 0.717) is 45.5 Å². The number of ether oxygens (including phenoxy) is 2. The minimum Gasteiger partial charge on any atom is -0.507 e. The number of hydrogen-bond donors (Lipinski definition) is 1. The number of nitrogens with zero attached hydrogens (tertiary/aromatic N) is 1. The summed E-state index contributed by atoms with van der Waals surface area (Å²) in [7, 11) is 0. The van der Waals surface area contributed by atoms with Crippen LogP contribution in [0.4, 0.5) is 5.69 Å². The van der Waals surface area contributed by atoms with Gasteiger partial charge in [0, 0.05) is 22.9 Å². The summed E-state index contributed by atoms with van der Waals surface area (Å²) in [6.07, 6.45) is 6.08. The molecule has 0 unspecified atom stereocenters. The molecule has 0 spiro atoms. The fourth-order valence-corrected chi connectivity index (χ4v) is 3.36. The summed E-state index contributed by atoms with van der Waals surface area (Å²) in [5.74, 6) is 0.649. The maximum Gasteiger partial charge on any atom is 0.343 e. The Labute approximate surface area is 199 Å². The molecule has 0 aliphatic rings. The summed E-state index contributed by atoms with van der Waals surface area (Å²) in [5, 5.41) is 10.9. The molecule has 0 aromatic heterocycles.